The van der Waals surface area contributed by atoms with Crippen molar-refractivity contribution in [3.8, 4) is 0 Å². The molecule has 0 fully saturated rings. The van der Waals surface area contributed by atoms with Crippen LogP contribution in [-0.4, -0.2) is 61.9 Å². The van der Waals surface area contributed by atoms with Crippen LogP contribution in [0.5, 0.6) is 0 Å². The van der Waals surface area contributed by atoms with Crippen LogP contribution >= 0.6 is 0 Å². The summed E-state index contributed by atoms with van der Waals surface area (Å²) in [6.07, 6.45) is 1.14. The van der Waals surface area contributed by atoms with Crippen LogP contribution in [0.4, 0.5) is 0 Å². The highest BCUT2D eigenvalue weighted by molar-refractivity contribution is 7.91. The topological polar surface area (TPSA) is 96.5 Å². The van der Waals surface area contributed by atoms with E-state index < -0.39 is 27.1 Å². The Labute approximate surface area is 136 Å². The number of nitrogens with zero attached hydrogens (tertiary/aromatic N) is 1. The number of ether oxygens (including phenoxy) is 1. The molecule has 1 heterocycles. The fourth-order valence-electron chi connectivity index (χ4n) is 2.41. The smallest absolute Gasteiger partial charge is 0.339 e. The lowest BCUT2D eigenvalue weighted by Crippen LogP contribution is -2.44. The van der Waals surface area contributed by atoms with Gasteiger partial charge in [0.15, 0.2) is 9.84 Å². The molecule has 1 rings (SSSR count). The number of sulfone groups is 1. The Balaban J connectivity index is 3.18. The Bertz CT molecular complexity index is 720. The number of amides is 1. The zero-order chi connectivity index (χ0) is 18.1. The second-order valence-electron chi connectivity index (χ2n) is 5.81. The number of H-pyrrole nitrogens is 1. The van der Waals surface area contributed by atoms with Gasteiger partial charge in [-0.05, 0) is 33.3 Å². The van der Waals surface area contributed by atoms with E-state index in [1.54, 1.807) is 34.7 Å². The molecule has 1 N–H and O–H groups in total. The molecular weight excluding hydrogens is 320 g/mol. The van der Waals surface area contributed by atoms with Gasteiger partial charge < -0.3 is 14.6 Å². The minimum Gasteiger partial charge on any atom is -0.465 e. The molecule has 0 aliphatic carbocycles. The maximum absolute atomic E-state index is 12.7. The SMILES string of the molecule is COC(=O)c1c(C)[nH]c(C(=O)N(C)C(C)C(C)S(C)(=O)=O)c1C. The van der Waals surface area contributed by atoms with Crippen molar-refractivity contribution in [3.05, 3.63) is 22.5 Å². The van der Waals surface area contributed by atoms with Crippen LogP contribution < -0.4 is 0 Å². The molecule has 130 valence electrons. The van der Waals surface area contributed by atoms with Gasteiger partial charge in [-0.2, -0.15) is 0 Å². The minimum absolute atomic E-state index is 0.262. The number of rotatable bonds is 5. The first-order chi connectivity index (χ1) is 10.4. The van der Waals surface area contributed by atoms with Crippen molar-refractivity contribution < 1.29 is 22.7 Å². The van der Waals surface area contributed by atoms with Crippen LogP contribution in [0.3, 0.4) is 0 Å². The predicted octanol–water partition coefficient (Wildman–Crippen LogP) is 1.31. The van der Waals surface area contributed by atoms with E-state index in [9.17, 15) is 18.0 Å². The van der Waals surface area contributed by atoms with Crippen LogP contribution in [0.2, 0.25) is 0 Å². The van der Waals surface area contributed by atoms with Gasteiger partial charge in [-0.25, -0.2) is 13.2 Å². The summed E-state index contributed by atoms with van der Waals surface area (Å²) in [5.74, 6) is -0.890. The molecule has 0 aliphatic heterocycles. The number of aromatic amines is 1. The molecule has 0 radical (unpaired) electrons. The summed E-state index contributed by atoms with van der Waals surface area (Å²) in [6.45, 7) is 6.58. The molecular formula is C15H24N2O5S. The fourth-order valence-corrected chi connectivity index (χ4v) is 3.30. The van der Waals surface area contributed by atoms with E-state index in [0.29, 0.717) is 16.8 Å². The number of hydrogen-bond donors (Lipinski definition) is 1. The molecule has 0 saturated carbocycles. The zero-order valence-corrected chi connectivity index (χ0v) is 15.4. The van der Waals surface area contributed by atoms with Gasteiger partial charge >= 0.3 is 5.97 Å². The fraction of sp³-hybridized carbons (Fsp3) is 0.600. The molecule has 1 aromatic rings. The third kappa shape index (κ3) is 3.74. The van der Waals surface area contributed by atoms with E-state index in [-0.39, 0.29) is 11.6 Å². The standard InChI is InChI=1S/C15H24N2O5S/c1-8-12(15(19)22-6)9(2)16-13(8)14(18)17(5)10(3)11(4)23(7,20)21/h10-11,16H,1-7H3. The van der Waals surface area contributed by atoms with Crippen molar-refractivity contribution in [1.82, 2.24) is 9.88 Å². The first-order valence-corrected chi connectivity index (χ1v) is 9.12. The number of carbonyl (C=O) groups is 2. The molecule has 0 saturated heterocycles. The normalized spacial score (nSPS) is 14.2. The average Bonchev–Trinajstić information content (AvgIpc) is 2.77. The minimum atomic E-state index is -3.27. The molecule has 0 aliphatic rings. The van der Waals surface area contributed by atoms with Gasteiger partial charge in [0.2, 0.25) is 0 Å². The molecule has 0 aromatic carbocycles. The number of carbonyl (C=O) groups excluding carboxylic acids is 2. The Hall–Kier alpha value is -1.83. The highest BCUT2D eigenvalue weighted by Gasteiger charge is 2.31. The van der Waals surface area contributed by atoms with Crippen LogP contribution in [0.1, 0.15) is 46.0 Å². The number of nitrogens with one attached hydrogen (secondary N) is 1. The van der Waals surface area contributed by atoms with Gasteiger partial charge in [-0.1, -0.05) is 0 Å². The van der Waals surface area contributed by atoms with Crippen molar-refractivity contribution in [1.29, 1.82) is 0 Å². The molecule has 0 spiro atoms. The lowest BCUT2D eigenvalue weighted by atomic mass is 10.1. The van der Waals surface area contributed by atoms with Crippen molar-refractivity contribution >= 4 is 21.7 Å². The quantitative estimate of drug-likeness (QED) is 0.813. The summed E-state index contributed by atoms with van der Waals surface area (Å²) in [7, 11) is -0.452. The summed E-state index contributed by atoms with van der Waals surface area (Å²) in [5, 5.41) is -0.701. The summed E-state index contributed by atoms with van der Waals surface area (Å²) < 4.78 is 28.1. The number of hydrogen-bond acceptors (Lipinski definition) is 5. The maximum Gasteiger partial charge on any atom is 0.339 e. The lowest BCUT2D eigenvalue weighted by Gasteiger charge is -2.28. The van der Waals surface area contributed by atoms with Crippen LogP contribution in [0.25, 0.3) is 0 Å². The van der Waals surface area contributed by atoms with E-state index in [0.717, 1.165) is 6.26 Å². The summed E-state index contributed by atoms with van der Waals surface area (Å²) >= 11 is 0. The van der Waals surface area contributed by atoms with Crippen molar-refractivity contribution in [2.45, 2.75) is 39.0 Å². The summed E-state index contributed by atoms with van der Waals surface area (Å²) in [5.41, 5.74) is 1.62. The maximum atomic E-state index is 12.7. The van der Waals surface area contributed by atoms with E-state index in [1.165, 1.54) is 12.0 Å². The van der Waals surface area contributed by atoms with Gasteiger partial charge in [-0.15, -0.1) is 0 Å². The van der Waals surface area contributed by atoms with Crippen molar-refractivity contribution in [2.75, 3.05) is 20.4 Å². The first kappa shape index (κ1) is 19.2. The Morgan fingerprint density at radius 3 is 2.17 bits per heavy atom. The highest BCUT2D eigenvalue weighted by atomic mass is 32.2. The van der Waals surface area contributed by atoms with E-state index in [4.69, 9.17) is 4.74 Å². The second kappa shape index (κ2) is 6.74. The molecule has 2 unspecified atom stereocenters. The Kier molecular flexibility index (Phi) is 5.63. The van der Waals surface area contributed by atoms with Gasteiger partial charge in [-0.3, -0.25) is 4.79 Å². The van der Waals surface area contributed by atoms with Gasteiger partial charge in [0.25, 0.3) is 5.91 Å². The summed E-state index contributed by atoms with van der Waals surface area (Å²) in [6, 6.07) is -0.512. The van der Waals surface area contributed by atoms with Crippen LogP contribution in [0.15, 0.2) is 0 Å². The number of methoxy groups -OCH3 is 1. The third-order valence-corrected chi connectivity index (χ3v) is 6.07. The van der Waals surface area contributed by atoms with Crippen molar-refractivity contribution in [2.24, 2.45) is 0 Å². The van der Waals surface area contributed by atoms with Crippen LogP contribution in [0, 0.1) is 13.8 Å². The van der Waals surface area contributed by atoms with Crippen LogP contribution in [-0.2, 0) is 14.6 Å². The number of esters is 1. The van der Waals surface area contributed by atoms with Gasteiger partial charge in [0, 0.05) is 25.0 Å². The number of aromatic nitrogens is 1. The lowest BCUT2D eigenvalue weighted by molar-refractivity contribution is 0.0599. The molecule has 8 heteroatoms. The zero-order valence-electron chi connectivity index (χ0n) is 14.6. The van der Waals surface area contributed by atoms with Crippen molar-refractivity contribution in [3.63, 3.8) is 0 Å². The molecule has 1 amide bonds. The molecule has 2 atom stereocenters. The van der Waals surface area contributed by atoms with E-state index in [2.05, 4.69) is 4.98 Å². The molecule has 23 heavy (non-hydrogen) atoms. The average molecular weight is 344 g/mol. The molecule has 1 aromatic heterocycles. The van der Waals surface area contributed by atoms with Gasteiger partial charge in [0.1, 0.15) is 5.69 Å². The Morgan fingerprint density at radius 1 is 1.22 bits per heavy atom. The van der Waals surface area contributed by atoms with Gasteiger partial charge in [0.05, 0.1) is 17.9 Å². The summed E-state index contributed by atoms with van der Waals surface area (Å²) in [4.78, 5) is 28.7. The number of aryl methyl sites for hydroxylation is 1. The molecule has 7 nitrogen and oxygen atoms in total. The first-order valence-electron chi connectivity index (χ1n) is 7.16. The monoisotopic (exact) mass is 344 g/mol. The largest absolute Gasteiger partial charge is 0.465 e. The van der Waals surface area contributed by atoms with E-state index in [1.807, 2.05) is 0 Å². The third-order valence-electron chi connectivity index (χ3n) is 4.33. The predicted molar refractivity (Wildman–Crippen MR) is 87.5 cm³/mol. The Morgan fingerprint density at radius 2 is 1.74 bits per heavy atom. The highest BCUT2D eigenvalue weighted by Crippen LogP contribution is 2.21. The van der Waals surface area contributed by atoms with E-state index >= 15 is 0 Å². The molecule has 0 bridgehead atoms. The second-order valence-corrected chi connectivity index (χ2v) is 8.21.